The van der Waals surface area contributed by atoms with Crippen LogP contribution in [0.15, 0.2) is 53.8 Å². The maximum atomic E-state index is 5.74. The van der Waals surface area contributed by atoms with Crippen LogP contribution >= 0.6 is 0 Å². The van der Waals surface area contributed by atoms with Gasteiger partial charge in [-0.1, -0.05) is 18.2 Å². The van der Waals surface area contributed by atoms with Gasteiger partial charge in [0, 0.05) is 24.5 Å². The number of aromatic nitrogens is 1. The van der Waals surface area contributed by atoms with Gasteiger partial charge in [-0.25, -0.2) is 0 Å². The zero-order chi connectivity index (χ0) is 13.6. The van der Waals surface area contributed by atoms with Gasteiger partial charge in [-0.15, -0.1) is 0 Å². The average molecular weight is 267 g/mol. The topological polar surface area (TPSA) is 46.5 Å². The van der Waals surface area contributed by atoms with Gasteiger partial charge in [-0.2, -0.15) is 0 Å². The Hall–Kier alpha value is -2.20. The molecule has 102 valence electrons. The molecule has 1 aliphatic rings. The standard InChI is InChI=1S/C16H17N3O/c1-2-14(10-15(3-1)16-18-8-9-19-16)12-20-11-13-4-6-17-7-5-13/h1-7,10H,8-9,11-12H2,(H,18,19). The van der Waals surface area contributed by atoms with E-state index >= 15 is 0 Å². The largest absolute Gasteiger partial charge is 0.372 e. The van der Waals surface area contributed by atoms with Crippen LogP contribution in [0.3, 0.4) is 0 Å². The predicted octanol–water partition coefficient (Wildman–Crippen LogP) is 2.15. The first-order valence-corrected chi connectivity index (χ1v) is 6.76. The third-order valence-corrected chi connectivity index (χ3v) is 3.16. The van der Waals surface area contributed by atoms with Gasteiger partial charge in [0.15, 0.2) is 0 Å². The highest BCUT2D eigenvalue weighted by Crippen LogP contribution is 2.10. The van der Waals surface area contributed by atoms with Gasteiger partial charge in [-0.3, -0.25) is 9.98 Å². The molecule has 0 saturated heterocycles. The van der Waals surface area contributed by atoms with E-state index in [1.807, 2.05) is 18.2 Å². The van der Waals surface area contributed by atoms with Crippen molar-refractivity contribution in [2.24, 2.45) is 4.99 Å². The minimum atomic E-state index is 0.601. The zero-order valence-corrected chi connectivity index (χ0v) is 11.2. The molecule has 2 heterocycles. The Morgan fingerprint density at radius 2 is 1.90 bits per heavy atom. The summed E-state index contributed by atoms with van der Waals surface area (Å²) in [6.45, 7) is 2.99. The number of amidine groups is 1. The maximum absolute atomic E-state index is 5.74. The van der Waals surface area contributed by atoms with Crippen LogP contribution in [0.5, 0.6) is 0 Å². The fraction of sp³-hybridized carbons (Fsp3) is 0.250. The van der Waals surface area contributed by atoms with Gasteiger partial charge in [-0.05, 0) is 29.3 Å². The van der Waals surface area contributed by atoms with E-state index in [-0.39, 0.29) is 0 Å². The number of hydrogen-bond donors (Lipinski definition) is 1. The summed E-state index contributed by atoms with van der Waals surface area (Å²) in [5.74, 6) is 0.987. The fourth-order valence-electron chi connectivity index (χ4n) is 2.17. The minimum Gasteiger partial charge on any atom is -0.372 e. The predicted molar refractivity (Wildman–Crippen MR) is 78.6 cm³/mol. The molecule has 1 N–H and O–H groups in total. The van der Waals surface area contributed by atoms with E-state index in [0.717, 1.165) is 35.6 Å². The molecule has 3 rings (SSSR count). The van der Waals surface area contributed by atoms with Crippen molar-refractivity contribution in [3.05, 3.63) is 65.5 Å². The molecule has 0 spiro atoms. The molecule has 20 heavy (non-hydrogen) atoms. The van der Waals surface area contributed by atoms with E-state index in [4.69, 9.17) is 4.74 Å². The molecule has 1 aromatic heterocycles. The molecule has 0 bridgehead atoms. The van der Waals surface area contributed by atoms with Crippen LogP contribution in [0.1, 0.15) is 16.7 Å². The summed E-state index contributed by atoms with van der Waals surface area (Å²) in [5, 5.41) is 3.28. The number of nitrogens with zero attached hydrogens (tertiary/aromatic N) is 2. The van der Waals surface area contributed by atoms with Gasteiger partial charge in [0.25, 0.3) is 0 Å². The summed E-state index contributed by atoms with van der Waals surface area (Å²) in [7, 11) is 0. The van der Waals surface area contributed by atoms with E-state index in [2.05, 4.69) is 33.5 Å². The molecule has 0 radical (unpaired) electrons. The highest BCUT2D eigenvalue weighted by Gasteiger charge is 2.08. The quantitative estimate of drug-likeness (QED) is 0.903. The first-order chi connectivity index (χ1) is 9.92. The minimum absolute atomic E-state index is 0.601. The van der Waals surface area contributed by atoms with Gasteiger partial charge in [0.05, 0.1) is 19.8 Å². The lowest BCUT2D eigenvalue weighted by Gasteiger charge is -2.07. The van der Waals surface area contributed by atoms with E-state index in [9.17, 15) is 0 Å². The van der Waals surface area contributed by atoms with Crippen molar-refractivity contribution in [2.45, 2.75) is 13.2 Å². The van der Waals surface area contributed by atoms with Gasteiger partial charge >= 0.3 is 0 Å². The lowest BCUT2D eigenvalue weighted by Crippen LogP contribution is -2.19. The molecule has 1 aliphatic heterocycles. The van der Waals surface area contributed by atoms with Crippen LogP contribution in [0.2, 0.25) is 0 Å². The maximum Gasteiger partial charge on any atom is 0.128 e. The van der Waals surface area contributed by atoms with Gasteiger partial charge in [0.1, 0.15) is 5.84 Å². The van der Waals surface area contributed by atoms with Crippen molar-refractivity contribution < 1.29 is 4.74 Å². The molecule has 0 aliphatic carbocycles. The van der Waals surface area contributed by atoms with E-state index in [1.165, 1.54) is 0 Å². The lowest BCUT2D eigenvalue weighted by atomic mass is 10.1. The molecule has 0 saturated carbocycles. The summed E-state index contributed by atoms with van der Waals surface area (Å²) >= 11 is 0. The van der Waals surface area contributed by atoms with Crippen LogP contribution in [0, 0.1) is 0 Å². The van der Waals surface area contributed by atoms with Crippen molar-refractivity contribution in [2.75, 3.05) is 13.1 Å². The van der Waals surface area contributed by atoms with Crippen LogP contribution in [0.4, 0.5) is 0 Å². The van der Waals surface area contributed by atoms with Crippen LogP contribution < -0.4 is 5.32 Å². The third-order valence-electron chi connectivity index (χ3n) is 3.16. The highest BCUT2D eigenvalue weighted by molar-refractivity contribution is 5.99. The molecular weight excluding hydrogens is 250 g/mol. The highest BCUT2D eigenvalue weighted by atomic mass is 16.5. The van der Waals surface area contributed by atoms with Crippen LogP contribution in [-0.4, -0.2) is 23.9 Å². The molecule has 0 amide bonds. The van der Waals surface area contributed by atoms with Crippen LogP contribution in [0.25, 0.3) is 0 Å². The Bertz CT molecular complexity index is 596. The molecule has 0 fully saturated rings. The van der Waals surface area contributed by atoms with Crippen molar-refractivity contribution in [1.82, 2.24) is 10.3 Å². The Balaban J connectivity index is 1.59. The second-order valence-corrected chi connectivity index (χ2v) is 4.71. The summed E-state index contributed by atoms with van der Waals surface area (Å²) < 4.78 is 5.74. The summed E-state index contributed by atoms with van der Waals surface area (Å²) in [6.07, 6.45) is 3.56. The summed E-state index contributed by atoms with van der Waals surface area (Å²) in [5.41, 5.74) is 3.43. The molecule has 1 aromatic carbocycles. The van der Waals surface area contributed by atoms with Crippen molar-refractivity contribution in [1.29, 1.82) is 0 Å². The van der Waals surface area contributed by atoms with Crippen LogP contribution in [-0.2, 0) is 18.0 Å². The number of nitrogens with one attached hydrogen (secondary N) is 1. The first kappa shape index (κ1) is 12.8. The molecular formula is C16H17N3O. The van der Waals surface area contributed by atoms with Gasteiger partial charge in [0.2, 0.25) is 0 Å². The van der Waals surface area contributed by atoms with E-state index in [0.29, 0.717) is 13.2 Å². The van der Waals surface area contributed by atoms with Crippen molar-refractivity contribution >= 4 is 5.84 Å². The number of aliphatic imine (C=N–C) groups is 1. The Morgan fingerprint density at radius 1 is 1.05 bits per heavy atom. The number of pyridine rings is 1. The number of ether oxygens (including phenoxy) is 1. The average Bonchev–Trinajstić information content (AvgIpc) is 3.03. The Kier molecular flexibility index (Phi) is 4.04. The SMILES string of the molecule is c1cc(COCc2ccncc2)cc(C2=NCCN2)c1. The Labute approximate surface area is 118 Å². The molecule has 4 nitrogen and oxygen atoms in total. The number of hydrogen-bond acceptors (Lipinski definition) is 4. The fourth-order valence-corrected chi connectivity index (χ4v) is 2.17. The molecule has 0 atom stereocenters. The number of benzene rings is 1. The summed E-state index contributed by atoms with van der Waals surface area (Å²) in [4.78, 5) is 8.42. The zero-order valence-electron chi connectivity index (χ0n) is 11.2. The smallest absolute Gasteiger partial charge is 0.128 e. The monoisotopic (exact) mass is 267 g/mol. The molecule has 4 heteroatoms. The second-order valence-electron chi connectivity index (χ2n) is 4.71. The normalized spacial score (nSPS) is 13.9. The lowest BCUT2D eigenvalue weighted by molar-refractivity contribution is 0.107. The second kappa shape index (κ2) is 6.30. The molecule has 0 unspecified atom stereocenters. The summed E-state index contributed by atoms with van der Waals surface area (Å²) in [6, 6.07) is 12.3. The van der Waals surface area contributed by atoms with E-state index in [1.54, 1.807) is 12.4 Å². The van der Waals surface area contributed by atoms with Gasteiger partial charge < -0.3 is 10.1 Å². The molecule has 2 aromatic rings. The van der Waals surface area contributed by atoms with Crippen molar-refractivity contribution in [3.8, 4) is 0 Å². The third kappa shape index (κ3) is 3.22. The van der Waals surface area contributed by atoms with E-state index < -0.39 is 0 Å². The first-order valence-electron chi connectivity index (χ1n) is 6.76. The number of rotatable bonds is 5. The Morgan fingerprint density at radius 3 is 2.70 bits per heavy atom. The van der Waals surface area contributed by atoms with Crippen molar-refractivity contribution in [3.63, 3.8) is 0 Å².